The highest BCUT2D eigenvalue weighted by Crippen LogP contribution is 2.15. The van der Waals surface area contributed by atoms with Gasteiger partial charge in [0, 0.05) is 19.4 Å². The Balaban J connectivity index is 4.30. The van der Waals surface area contributed by atoms with Crippen molar-refractivity contribution in [2.24, 2.45) is 0 Å². The molecule has 1 atom stereocenters. The van der Waals surface area contributed by atoms with E-state index in [1.807, 2.05) is 0 Å². The van der Waals surface area contributed by atoms with Crippen molar-refractivity contribution in [3.63, 3.8) is 0 Å². The summed E-state index contributed by atoms with van der Waals surface area (Å²) in [6, 6.07) is 0. The van der Waals surface area contributed by atoms with Gasteiger partial charge < -0.3 is 14.2 Å². The topological polar surface area (TPSA) is 61.8 Å². The normalized spacial score (nSPS) is 12.7. The average Bonchev–Trinajstić information content (AvgIpc) is 3.32. The lowest BCUT2D eigenvalue weighted by molar-refractivity contribution is -0.163. The maximum Gasteiger partial charge on any atom is 0.306 e. The van der Waals surface area contributed by atoms with Crippen LogP contribution < -0.4 is 0 Å². The van der Waals surface area contributed by atoms with Crippen LogP contribution in [0.25, 0.3) is 0 Å². The van der Waals surface area contributed by atoms with Gasteiger partial charge in [0.1, 0.15) is 6.61 Å². The monoisotopic (exact) mass is 921 g/mol. The van der Waals surface area contributed by atoms with Crippen LogP contribution in [-0.2, 0) is 23.8 Å². The van der Waals surface area contributed by atoms with Crippen molar-refractivity contribution < 1.29 is 23.8 Å². The highest BCUT2D eigenvalue weighted by atomic mass is 16.6. The standard InChI is InChI=1S/C61H108O5/c1-4-7-10-13-16-19-22-25-28-30-31-33-34-36-39-42-45-48-51-54-60(62)65-58-59(57-64-56-53-50-47-44-41-38-27-24-21-18-15-12-9-6-3)66-61(63)55-52-49-46-43-40-37-35-32-29-26-23-20-17-14-11-8-5-2/h8,11,17,20-21,24-26,28-29,35,37,59H,4-7,9-10,12-16,18-19,22-23,27,30-34,36,38-58H2,1-3H3/b11-8-,20-17-,24-21-,28-25-,29-26-,37-35-. The first kappa shape index (κ1) is 63.3. The molecule has 0 aromatic rings. The minimum absolute atomic E-state index is 0.0710. The lowest BCUT2D eigenvalue weighted by Crippen LogP contribution is -2.30. The van der Waals surface area contributed by atoms with E-state index in [2.05, 4.69) is 93.7 Å². The minimum atomic E-state index is -0.555. The van der Waals surface area contributed by atoms with E-state index in [1.165, 1.54) is 161 Å². The largest absolute Gasteiger partial charge is 0.462 e. The summed E-state index contributed by atoms with van der Waals surface area (Å²) < 4.78 is 17.4. The highest BCUT2D eigenvalue weighted by molar-refractivity contribution is 5.70. The Hall–Kier alpha value is -2.66. The molecule has 5 nitrogen and oxygen atoms in total. The molecule has 0 aliphatic rings. The molecule has 382 valence electrons. The van der Waals surface area contributed by atoms with Crippen molar-refractivity contribution >= 4 is 11.9 Å². The van der Waals surface area contributed by atoms with Crippen LogP contribution in [0.1, 0.15) is 278 Å². The first-order chi connectivity index (χ1) is 32.6. The van der Waals surface area contributed by atoms with Crippen LogP contribution >= 0.6 is 0 Å². The molecular weight excluding hydrogens is 813 g/mol. The Morgan fingerprint density at radius 3 is 1.12 bits per heavy atom. The molecule has 5 heteroatoms. The molecule has 0 aliphatic carbocycles. The molecule has 0 bridgehead atoms. The summed E-state index contributed by atoms with van der Waals surface area (Å²) in [4.78, 5) is 25.5. The fraction of sp³-hybridized carbons (Fsp3) is 0.770. The van der Waals surface area contributed by atoms with Gasteiger partial charge in [-0.05, 0) is 109 Å². The van der Waals surface area contributed by atoms with Crippen molar-refractivity contribution in [1.82, 2.24) is 0 Å². The van der Waals surface area contributed by atoms with E-state index >= 15 is 0 Å². The number of carbonyl (C=O) groups excluding carboxylic acids is 2. The van der Waals surface area contributed by atoms with Gasteiger partial charge in [-0.3, -0.25) is 9.59 Å². The second-order valence-corrected chi connectivity index (χ2v) is 18.8. The van der Waals surface area contributed by atoms with Crippen LogP contribution in [0.5, 0.6) is 0 Å². The quantitative estimate of drug-likeness (QED) is 0.0346. The first-order valence-corrected chi connectivity index (χ1v) is 28.5. The van der Waals surface area contributed by atoms with Crippen LogP contribution in [0.15, 0.2) is 72.9 Å². The smallest absolute Gasteiger partial charge is 0.306 e. The summed E-state index contributed by atoms with van der Waals surface area (Å²) in [5, 5.41) is 0. The number of hydrogen-bond acceptors (Lipinski definition) is 5. The average molecular weight is 922 g/mol. The summed E-state index contributed by atoms with van der Waals surface area (Å²) in [5.41, 5.74) is 0. The number of allylic oxidation sites excluding steroid dienone is 12. The highest BCUT2D eigenvalue weighted by Gasteiger charge is 2.17. The van der Waals surface area contributed by atoms with Gasteiger partial charge in [-0.25, -0.2) is 0 Å². The molecule has 0 aromatic carbocycles. The lowest BCUT2D eigenvalue weighted by Gasteiger charge is -2.18. The third-order valence-corrected chi connectivity index (χ3v) is 12.2. The molecular formula is C61H108O5. The molecule has 0 saturated carbocycles. The zero-order chi connectivity index (χ0) is 47.7. The zero-order valence-electron chi connectivity index (χ0n) is 44.0. The van der Waals surface area contributed by atoms with E-state index in [4.69, 9.17) is 14.2 Å². The van der Waals surface area contributed by atoms with Crippen LogP contribution in [0.3, 0.4) is 0 Å². The van der Waals surface area contributed by atoms with E-state index < -0.39 is 6.10 Å². The van der Waals surface area contributed by atoms with Gasteiger partial charge in [-0.15, -0.1) is 0 Å². The fourth-order valence-electron chi connectivity index (χ4n) is 7.96. The molecule has 0 heterocycles. The van der Waals surface area contributed by atoms with Gasteiger partial charge in [0.15, 0.2) is 6.10 Å². The van der Waals surface area contributed by atoms with E-state index in [0.717, 1.165) is 83.5 Å². The molecule has 66 heavy (non-hydrogen) atoms. The number of ether oxygens (including phenoxy) is 3. The molecule has 0 rings (SSSR count). The summed E-state index contributed by atoms with van der Waals surface area (Å²) in [6.07, 6.45) is 73.5. The van der Waals surface area contributed by atoms with E-state index in [0.29, 0.717) is 19.4 Å². The number of unbranched alkanes of at least 4 members (excludes halogenated alkanes) is 29. The third-order valence-electron chi connectivity index (χ3n) is 12.2. The number of esters is 2. The van der Waals surface area contributed by atoms with E-state index in [9.17, 15) is 9.59 Å². The van der Waals surface area contributed by atoms with Crippen molar-refractivity contribution in [2.45, 2.75) is 284 Å². The van der Waals surface area contributed by atoms with Crippen molar-refractivity contribution in [3.8, 4) is 0 Å². The van der Waals surface area contributed by atoms with Gasteiger partial charge in [0.05, 0.1) is 6.61 Å². The minimum Gasteiger partial charge on any atom is -0.462 e. The summed E-state index contributed by atoms with van der Waals surface area (Å²) in [5.74, 6) is -0.423. The second-order valence-electron chi connectivity index (χ2n) is 18.8. The van der Waals surface area contributed by atoms with Gasteiger partial charge in [0.25, 0.3) is 0 Å². The van der Waals surface area contributed by atoms with Gasteiger partial charge in [-0.1, -0.05) is 229 Å². The molecule has 0 fully saturated rings. The number of hydrogen-bond donors (Lipinski definition) is 0. The Labute approximate surface area is 410 Å². The van der Waals surface area contributed by atoms with Crippen molar-refractivity contribution in [3.05, 3.63) is 72.9 Å². The Morgan fingerprint density at radius 2 is 0.682 bits per heavy atom. The van der Waals surface area contributed by atoms with Crippen LogP contribution in [0.2, 0.25) is 0 Å². The predicted octanol–water partition coefficient (Wildman–Crippen LogP) is 19.5. The Morgan fingerprint density at radius 1 is 0.348 bits per heavy atom. The zero-order valence-corrected chi connectivity index (χ0v) is 44.0. The third kappa shape index (κ3) is 54.0. The van der Waals surface area contributed by atoms with Crippen LogP contribution in [0.4, 0.5) is 0 Å². The summed E-state index contributed by atoms with van der Waals surface area (Å²) in [7, 11) is 0. The number of carbonyl (C=O) groups is 2. The molecule has 1 unspecified atom stereocenters. The molecule has 0 aromatic heterocycles. The molecule has 0 aliphatic heterocycles. The SMILES string of the molecule is CC/C=C\C/C=C\C/C=C\C/C=C\CCCCCCC(=O)OC(COCCCCCCCC/C=C\CCCCCC)COC(=O)CCCCCCCCCCC/C=C\CCCCCCCC. The molecule has 0 radical (unpaired) electrons. The molecule has 0 amide bonds. The Bertz CT molecular complexity index is 1180. The Kier molecular flexibility index (Phi) is 54.4. The molecule has 0 spiro atoms. The lowest BCUT2D eigenvalue weighted by atomic mass is 10.1. The first-order valence-electron chi connectivity index (χ1n) is 28.5. The van der Waals surface area contributed by atoms with Gasteiger partial charge in [-0.2, -0.15) is 0 Å². The van der Waals surface area contributed by atoms with Gasteiger partial charge in [0.2, 0.25) is 0 Å². The second kappa shape index (κ2) is 56.7. The molecule has 0 N–H and O–H groups in total. The van der Waals surface area contributed by atoms with Crippen LogP contribution in [0, 0.1) is 0 Å². The van der Waals surface area contributed by atoms with E-state index in [1.54, 1.807) is 0 Å². The van der Waals surface area contributed by atoms with Gasteiger partial charge >= 0.3 is 11.9 Å². The summed E-state index contributed by atoms with van der Waals surface area (Å²) in [6.45, 7) is 7.69. The predicted molar refractivity (Wildman–Crippen MR) is 288 cm³/mol. The van der Waals surface area contributed by atoms with Crippen LogP contribution in [-0.4, -0.2) is 37.9 Å². The van der Waals surface area contributed by atoms with Crippen molar-refractivity contribution in [1.29, 1.82) is 0 Å². The summed E-state index contributed by atoms with van der Waals surface area (Å²) >= 11 is 0. The van der Waals surface area contributed by atoms with E-state index in [-0.39, 0.29) is 25.2 Å². The maximum atomic E-state index is 12.8. The van der Waals surface area contributed by atoms with Crippen molar-refractivity contribution in [2.75, 3.05) is 19.8 Å². The number of rotatable bonds is 52. The fourth-order valence-corrected chi connectivity index (χ4v) is 7.96. The molecule has 0 saturated heterocycles. The maximum absolute atomic E-state index is 12.8.